The molecule has 26 heavy (non-hydrogen) atoms. The Morgan fingerprint density at radius 2 is 2.04 bits per heavy atom. The second-order valence-corrected chi connectivity index (χ2v) is 8.63. The minimum absolute atomic E-state index is 0.00392. The van der Waals surface area contributed by atoms with Gasteiger partial charge in [0.05, 0.1) is 17.0 Å². The number of aromatic amines is 1. The molecular weight excluding hydrogens is 355 g/mol. The number of sulfonamides is 1. The van der Waals surface area contributed by atoms with Crippen LogP contribution in [0, 0.1) is 17.1 Å². The van der Waals surface area contributed by atoms with Crippen LogP contribution in [0.4, 0.5) is 4.39 Å². The van der Waals surface area contributed by atoms with Crippen LogP contribution in [0.3, 0.4) is 0 Å². The monoisotopic (exact) mass is 376 g/mol. The van der Waals surface area contributed by atoms with Crippen LogP contribution in [0.2, 0.25) is 0 Å². The number of halogens is 1. The van der Waals surface area contributed by atoms with Gasteiger partial charge in [0.25, 0.3) is 0 Å². The number of hydrogen-bond acceptors (Lipinski definition) is 4. The van der Waals surface area contributed by atoms with Crippen LogP contribution < -0.4 is 4.72 Å². The van der Waals surface area contributed by atoms with Crippen LogP contribution in [-0.2, 0) is 10.0 Å². The molecule has 0 spiro atoms. The van der Waals surface area contributed by atoms with Gasteiger partial charge in [-0.2, -0.15) is 10.4 Å². The van der Waals surface area contributed by atoms with Crippen LogP contribution in [0.25, 0.3) is 11.3 Å². The van der Waals surface area contributed by atoms with E-state index >= 15 is 0 Å². The Morgan fingerprint density at radius 3 is 2.69 bits per heavy atom. The molecule has 3 rings (SSSR count). The molecule has 0 bridgehead atoms. The average molecular weight is 376 g/mol. The van der Waals surface area contributed by atoms with Crippen molar-refractivity contribution in [3.05, 3.63) is 41.3 Å². The molecule has 0 atom stereocenters. The lowest BCUT2D eigenvalue weighted by molar-refractivity contribution is 0.370. The summed E-state index contributed by atoms with van der Waals surface area (Å²) in [5.41, 5.74) is 2.34. The van der Waals surface area contributed by atoms with E-state index in [0.717, 1.165) is 31.4 Å². The number of benzene rings is 1. The molecule has 1 saturated carbocycles. The predicted molar refractivity (Wildman–Crippen MR) is 96.3 cm³/mol. The Bertz CT molecular complexity index is 925. The lowest BCUT2D eigenvalue weighted by atomic mass is 9.84. The van der Waals surface area contributed by atoms with E-state index < -0.39 is 15.8 Å². The average Bonchev–Trinajstić information content (AvgIpc) is 3.12. The molecule has 0 aliphatic heterocycles. The highest BCUT2D eigenvalue weighted by atomic mass is 32.2. The summed E-state index contributed by atoms with van der Waals surface area (Å²) in [5.74, 6) is -0.159. The minimum Gasteiger partial charge on any atom is -0.282 e. The van der Waals surface area contributed by atoms with Crippen LogP contribution in [-0.4, -0.2) is 30.4 Å². The Hall–Kier alpha value is -2.24. The van der Waals surface area contributed by atoms with Gasteiger partial charge < -0.3 is 0 Å². The number of aromatic nitrogens is 2. The SMILES string of the molecule is CCS(=O)(=O)NC1CCC(c2cc(-c3ccc(F)c(C#N)c3)n[nH]2)CC1. The van der Waals surface area contributed by atoms with Gasteiger partial charge in [-0.1, -0.05) is 0 Å². The fourth-order valence-electron chi connectivity index (χ4n) is 3.32. The summed E-state index contributed by atoms with van der Waals surface area (Å²) < 4.78 is 39.6. The van der Waals surface area contributed by atoms with E-state index in [1.165, 1.54) is 12.1 Å². The van der Waals surface area contributed by atoms with Gasteiger partial charge >= 0.3 is 0 Å². The van der Waals surface area contributed by atoms with E-state index in [4.69, 9.17) is 5.26 Å². The number of rotatable bonds is 5. The van der Waals surface area contributed by atoms with E-state index in [1.807, 2.05) is 12.1 Å². The Balaban J connectivity index is 1.67. The van der Waals surface area contributed by atoms with Crippen molar-refractivity contribution in [1.29, 1.82) is 5.26 Å². The molecule has 0 radical (unpaired) electrons. The van der Waals surface area contributed by atoms with Gasteiger partial charge in [-0.25, -0.2) is 17.5 Å². The summed E-state index contributed by atoms with van der Waals surface area (Å²) in [7, 11) is -3.17. The van der Waals surface area contributed by atoms with Gasteiger partial charge in [0.2, 0.25) is 10.0 Å². The molecule has 0 saturated heterocycles. The maximum atomic E-state index is 13.5. The number of nitriles is 1. The fraction of sp³-hybridized carbons (Fsp3) is 0.444. The maximum Gasteiger partial charge on any atom is 0.211 e. The first-order valence-corrected chi connectivity index (χ1v) is 10.3. The van der Waals surface area contributed by atoms with Crippen LogP contribution in [0.5, 0.6) is 0 Å². The molecule has 1 heterocycles. The first kappa shape index (κ1) is 18.5. The van der Waals surface area contributed by atoms with Crippen molar-refractivity contribution in [1.82, 2.24) is 14.9 Å². The molecule has 1 aliphatic rings. The molecule has 1 aromatic heterocycles. The summed E-state index contributed by atoms with van der Waals surface area (Å²) in [4.78, 5) is 0. The predicted octanol–water partition coefficient (Wildman–Crippen LogP) is 3.05. The molecule has 1 aliphatic carbocycles. The quantitative estimate of drug-likeness (QED) is 0.838. The molecule has 2 aromatic rings. The normalized spacial score (nSPS) is 20.7. The standard InChI is InChI=1S/C18H21FN4O2S/c1-2-26(24,25)23-15-6-3-12(4-7-15)17-10-18(22-21-17)13-5-8-16(19)14(9-13)11-20/h5,8-10,12,15,23H,2-4,6-7H2,1H3,(H,21,22). The summed E-state index contributed by atoms with van der Waals surface area (Å²) in [5, 5.41) is 16.3. The highest BCUT2D eigenvalue weighted by molar-refractivity contribution is 7.89. The number of nitrogens with zero attached hydrogens (tertiary/aromatic N) is 2. The molecule has 2 N–H and O–H groups in total. The molecule has 0 amide bonds. The van der Waals surface area contributed by atoms with E-state index in [9.17, 15) is 12.8 Å². The molecule has 138 valence electrons. The van der Waals surface area contributed by atoms with Gasteiger partial charge in [-0.05, 0) is 56.9 Å². The first-order chi connectivity index (χ1) is 12.4. The van der Waals surface area contributed by atoms with Gasteiger partial charge in [-0.15, -0.1) is 0 Å². The zero-order chi connectivity index (χ0) is 18.7. The van der Waals surface area contributed by atoms with Crippen molar-refractivity contribution in [2.24, 2.45) is 0 Å². The largest absolute Gasteiger partial charge is 0.282 e. The summed E-state index contributed by atoms with van der Waals surface area (Å²) in [6.07, 6.45) is 3.30. The van der Waals surface area contributed by atoms with Gasteiger partial charge in [-0.3, -0.25) is 5.10 Å². The van der Waals surface area contributed by atoms with E-state index in [0.29, 0.717) is 11.3 Å². The van der Waals surface area contributed by atoms with Gasteiger partial charge in [0.1, 0.15) is 11.9 Å². The fourth-order valence-corrected chi connectivity index (χ4v) is 4.23. The lowest BCUT2D eigenvalue weighted by Gasteiger charge is -2.28. The second-order valence-electron chi connectivity index (χ2n) is 6.58. The third-order valence-corrected chi connectivity index (χ3v) is 6.33. The zero-order valence-electron chi connectivity index (χ0n) is 14.5. The molecular formula is C18H21FN4O2S. The van der Waals surface area contributed by atoms with Crippen LogP contribution in [0.15, 0.2) is 24.3 Å². The van der Waals surface area contributed by atoms with E-state index in [-0.39, 0.29) is 23.3 Å². The molecule has 6 nitrogen and oxygen atoms in total. The topological polar surface area (TPSA) is 98.6 Å². The number of hydrogen-bond donors (Lipinski definition) is 2. The second kappa shape index (κ2) is 7.56. The minimum atomic E-state index is -3.17. The Kier molecular flexibility index (Phi) is 5.39. The zero-order valence-corrected chi connectivity index (χ0v) is 15.3. The third kappa shape index (κ3) is 4.11. The van der Waals surface area contributed by atoms with E-state index in [2.05, 4.69) is 14.9 Å². The van der Waals surface area contributed by atoms with Crippen LogP contribution in [0.1, 0.15) is 49.8 Å². The highest BCUT2D eigenvalue weighted by Gasteiger charge is 2.26. The lowest BCUT2D eigenvalue weighted by Crippen LogP contribution is -2.38. The van der Waals surface area contributed by atoms with E-state index in [1.54, 1.807) is 13.0 Å². The maximum absolute atomic E-state index is 13.5. The van der Waals surface area contributed by atoms with Gasteiger partial charge in [0.15, 0.2) is 0 Å². The molecule has 0 unspecified atom stereocenters. The van der Waals surface area contributed by atoms with Crippen molar-refractivity contribution in [2.75, 3.05) is 5.75 Å². The summed E-state index contributed by atoms with van der Waals surface area (Å²) in [6, 6.07) is 8.12. The summed E-state index contributed by atoms with van der Waals surface area (Å²) in [6.45, 7) is 1.63. The Labute approximate surface area is 152 Å². The molecule has 1 fully saturated rings. The van der Waals surface area contributed by atoms with Crippen molar-refractivity contribution in [3.63, 3.8) is 0 Å². The first-order valence-electron chi connectivity index (χ1n) is 8.67. The van der Waals surface area contributed by atoms with Crippen molar-refractivity contribution < 1.29 is 12.8 Å². The third-order valence-electron chi connectivity index (χ3n) is 4.87. The highest BCUT2D eigenvalue weighted by Crippen LogP contribution is 2.33. The molecule has 1 aromatic carbocycles. The molecule has 8 heteroatoms. The van der Waals surface area contributed by atoms with Gasteiger partial charge in [0, 0.05) is 23.2 Å². The van der Waals surface area contributed by atoms with Crippen LogP contribution >= 0.6 is 0 Å². The smallest absolute Gasteiger partial charge is 0.211 e. The number of H-pyrrole nitrogens is 1. The van der Waals surface area contributed by atoms with Crippen molar-refractivity contribution in [3.8, 4) is 17.3 Å². The van der Waals surface area contributed by atoms with Crippen molar-refractivity contribution >= 4 is 10.0 Å². The van der Waals surface area contributed by atoms with Crippen molar-refractivity contribution in [2.45, 2.75) is 44.6 Å². The summed E-state index contributed by atoms with van der Waals surface area (Å²) >= 11 is 0. The number of nitrogens with one attached hydrogen (secondary N) is 2. The Morgan fingerprint density at radius 1 is 1.31 bits per heavy atom.